The van der Waals surface area contributed by atoms with E-state index in [0.717, 1.165) is 5.69 Å². The Labute approximate surface area is 157 Å². The summed E-state index contributed by atoms with van der Waals surface area (Å²) in [6.07, 6.45) is 1.44. The number of esters is 1. The Balaban J connectivity index is 1.86. The average Bonchev–Trinajstić information content (AvgIpc) is 3.20. The fourth-order valence-corrected chi connectivity index (χ4v) is 2.64. The molecule has 0 bridgehead atoms. The van der Waals surface area contributed by atoms with Gasteiger partial charge in [0.25, 0.3) is 5.91 Å². The Morgan fingerprint density at radius 2 is 1.85 bits per heavy atom. The topological polar surface area (TPSA) is 77.3 Å². The van der Waals surface area contributed by atoms with Gasteiger partial charge in [0, 0.05) is 12.2 Å². The molecule has 0 fully saturated rings. The third kappa shape index (κ3) is 4.03. The molecule has 7 nitrogen and oxygen atoms in total. The van der Waals surface area contributed by atoms with Crippen molar-refractivity contribution in [2.45, 2.75) is 13.8 Å². The Kier molecular flexibility index (Phi) is 5.61. The van der Waals surface area contributed by atoms with E-state index in [1.54, 1.807) is 36.1 Å². The van der Waals surface area contributed by atoms with Gasteiger partial charge in [-0.05, 0) is 44.2 Å². The van der Waals surface area contributed by atoms with Gasteiger partial charge in [-0.25, -0.2) is 4.79 Å². The minimum Gasteiger partial charge on any atom is -0.462 e. The largest absolute Gasteiger partial charge is 0.462 e. The first kappa shape index (κ1) is 18.3. The van der Waals surface area contributed by atoms with E-state index in [2.05, 4.69) is 10.2 Å². The highest BCUT2D eigenvalue weighted by atomic mass is 16.5. The molecular weight excluding hydrogens is 344 g/mol. The molecule has 0 aliphatic carbocycles. The molecule has 27 heavy (non-hydrogen) atoms. The van der Waals surface area contributed by atoms with Crippen LogP contribution in [0.5, 0.6) is 0 Å². The van der Waals surface area contributed by atoms with Crippen LogP contribution >= 0.6 is 0 Å². The molecule has 0 unspecified atom stereocenters. The molecule has 138 valence electrons. The molecule has 1 aromatic heterocycles. The molecule has 2 aromatic carbocycles. The molecule has 0 aliphatic heterocycles. The van der Waals surface area contributed by atoms with E-state index in [-0.39, 0.29) is 11.6 Å². The number of carbonyl (C=O) groups excluding carboxylic acids is 2. The van der Waals surface area contributed by atoms with Gasteiger partial charge in [0.15, 0.2) is 5.69 Å². The van der Waals surface area contributed by atoms with Gasteiger partial charge < -0.3 is 9.64 Å². The van der Waals surface area contributed by atoms with Crippen molar-refractivity contribution >= 4 is 17.6 Å². The van der Waals surface area contributed by atoms with Crippen LogP contribution in [-0.2, 0) is 4.74 Å². The number of hydrogen-bond donors (Lipinski definition) is 0. The highest BCUT2D eigenvalue weighted by molar-refractivity contribution is 6.05. The van der Waals surface area contributed by atoms with Crippen molar-refractivity contribution in [1.82, 2.24) is 15.0 Å². The molecule has 3 rings (SSSR count). The van der Waals surface area contributed by atoms with Crippen LogP contribution in [0, 0.1) is 0 Å². The van der Waals surface area contributed by atoms with Crippen LogP contribution in [0.25, 0.3) is 5.69 Å². The molecule has 1 amide bonds. The zero-order valence-electron chi connectivity index (χ0n) is 15.2. The van der Waals surface area contributed by atoms with E-state index in [4.69, 9.17) is 4.74 Å². The van der Waals surface area contributed by atoms with E-state index >= 15 is 0 Å². The van der Waals surface area contributed by atoms with Gasteiger partial charge in [-0.15, -0.1) is 5.10 Å². The first-order valence-corrected chi connectivity index (χ1v) is 8.70. The lowest BCUT2D eigenvalue weighted by Gasteiger charge is -2.20. The van der Waals surface area contributed by atoms with Crippen LogP contribution in [0.3, 0.4) is 0 Å². The fraction of sp³-hybridized carbons (Fsp3) is 0.200. The number of aromatic nitrogens is 3. The summed E-state index contributed by atoms with van der Waals surface area (Å²) in [5.74, 6) is -0.710. The van der Waals surface area contributed by atoms with Crippen LogP contribution in [0.1, 0.15) is 34.7 Å². The van der Waals surface area contributed by atoms with E-state index < -0.39 is 5.97 Å². The smallest absolute Gasteiger partial charge is 0.338 e. The predicted molar refractivity (Wildman–Crippen MR) is 101 cm³/mol. The molecular formula is C20H20N4O3. The molecule has 1 heterocycles. The van der Waals surface area contributed by atoms with Crippen LogP contribution in [0.4, 0.5) is 5.69 Å². The SMILES string of the molecule is CCOC(=O)c1cccc(N(CC)C(=O)c2cnn(-c3ccccc3)n2)c1. The second-order valence-electron chi connectivity index (χ2n) is 5.68. The third-order valence-corrected chi connectivity index (χ3v) is 3.93. The molecule has 0 radical (unpaired) electrons. The molecule has 0 atom stereocenters. The number of hydrogen-bond acceptors (Lipinski definition) is 5. The standard InChI is InChI=1S/C20H20N4O3/c1-3-23(17-12-8-9-15(13-17)20(26)27-4-2)19(25)18-14-21-24(22-18)16-10-6-5-7-11-16/h5-14H,3-4H2,1-2H3. The van der Waals surface area contributed by atoms with E-state index in [9.17, 15) is 9.59 Å². The number of carbonyl (C=O) groups is 2. The number of anilines is 1. The number of rotatable bonds is 6. The van der Waals surface area contributed by atoms with Gasteiger partial charge in [-0.1, -0.05) is 24.3 Å². The number of benzene rings is 2. The zero-order valence-corrected chi connectivity index (χ0v) is 15.2. The fourth-order valence-electron chi connectivity index (χ4n) is 2.64. The summed E-state index contributed by atoms with van der Waals surface area (Å²) in [7, 11) is 0. The quantitative estimate of drug-likeness (QED) is 0.628. The van der Waals surface area contributed by atoms with Crippen molar-refractivity contribution in [2.75, 3.05) is 18.1 Å². The summed E-state index contributed by atoms with van der Waals surface area (Å²) in [6, 6.07) is 16.1. The monoisotopic (exact) mass is 364 g/mol. The van der Waals surface area contributed by atoms with Crippen molar-refractivity contribution in [3.8, 4) is 5.69 Å². The highest BCUT2D eigenvalue weighted by Crippen LogP contribution is 2.19. The Morgan fingerprint density at radius 3 is 2.56 bits per heavy atom. The maximum atomic E-state index is 12.9. The van der Waals surface area contributed by atoms with Crippen molar-refractivity contribution in [1.29, 1.82) is 0 Å². The maximum Gasteiger partial charge on any atom is 0.338 e. The molecule has 0 saturated heterocycles. The third-order valence-electron chi connectivity index (χ3n) is 3.93. The van der Waals surface area contributed by atoms with Crippen LogP contribution in [-0.4, -0.2) is 40.0 Å². The lowest BCUT2D eigenvalue weighted by atomic mass is 10.2. The molecule has 0 aliphatic rings. The van der Waals surface area contributed by atoms with Crippen LogP contribution in [0.2, 0.25) is 0 Å². The first-order chi connectivity index (χ1) is 13.1. The van der Waals surface area contributed by atoms with E-state index in [0.29, 0.717) is 24.4 Å². The lowest BCUT2D eigenvalue weighted by molar-refractivity contribution is 0.0526. The summed E-state index contributed by atoms with van der Waals surface area (Å²) in [6.45, 7) is 4.32. The second-order valence-corrected chi connectivity index (χ2v) is 5.68. The molecule has 0 saturated carbocycles. The van der Waals surface area contributed by atoms with Crippen molar-refractivity contribution in [3.05, 3.63) is 72.1 Å². The van der Waals surface area contributed by atoms with Crippen LogP contribution in [0.15, 0.2) is 60.8 Å². The number of amides is 1. The van der Waals surface area contributed by atoms with Gasteiger partial charge in [-0.2, -0.15) is 9.90 Å². The molecule has 7 heteroatoms. The average molecular weight is 364 g/mol. The summed E-state index contributed by atoms with van der Waals surface area (Å²) in [5.41, 5.74) is 1.99. The summed E-state index contributed by atoms with van der Waals surface area (Å²) in [4.78, 5) is 27.8. The Hall–Kier alpha value is -3.48. The summed E-state index contributed by atoms with van der Waals surface area (Å²) < 4.78 is 5.03. The zero-order chi connectivity index (χ0) is 19.2. The number of para-hydroxylation sites is 1. The normalized spacial score (nSPS) is 10.4. The van der Waals surface area contributed by atoms with E-state index in [1.165, 1.54) is 11.0 Å². The summed E-state index contributed by atoms with van der Waals surface area (Å²) in [5, 5.41) is 8.46. The highest BCUT2D eigenvalue weighted by Gasteiger charge is 2.21. The Morgan fingerprint density at radius 1 is 1.07 bits per heavy atom. The maximum absolute atomic E-state index is 12.9. The van der Waals surface area contributed by atoms with Crippen molar-refractivity contribution in [2.24, 2.45) is 0 Å². The molecule has 0 N–H and O–H groups in total. The lowest BCUT2D eigenvalue weighted by Crippen LogP contribution is -2.31. The summed E-state index contributed by atoms with van der Waals surface area (Å²) >= 11 is 0. The van der Waals surface area contributed by atoms with Gasteiger partial charge in [-0.3, -0.25) is 4.79 Å². The minimum absolute atomic E-state index is 0.224. The van der Waals surface area contributed by atoms with Gasteiger partial charge in [0.2, 0.25) is 0 Å². The van der Waals surface area contributed by atoms with Gasteiger partial charge in [0.1, 0.15) is 0 Å². The number of ether oxygens (including phenoxy) is 1. The molecule has 3 aromatic rings. The van der Waals surface area contributed by atoms with Crippen LogP contribution < -0.4 is 4.90 Å². The van der Waals surface area contributed by atoms with Gasteiger partial charge >= 0.3 is 5.97 Å². The number of nitrogens with zero attached hydrogens (tertiary/aromatic N) is 4. The molecule has 0 spiro atoms. The first-order valence-electron chi connectivity index (χ1n) is 8.70. The van der Waals surface area contributed by atoms with Crippen molar-refractivity contribution in [3.63, 3.8) is 0 Å². The predicted octanol–water partition coefficient (Wildman–Crippen LogP) is 3.11. The minimum atomic E-state index is -0.419. The van der Waals surface area contributed by atoms with Gasteiger partial charge in [0.05, 0.1) is 24.1 Å². The van der Waals surface area contributed by atoms with Crippen molar-refractivity contribution < 1.29 is 14.3 Å². The van der Waals surface area contributed by atoms with E-state index in [1.807, 2.05) is 37.3 Å². The Bertz CT molecular complexity index is 937. The second kappa shape index (κ2) is 8.27.